The van der Waals surface area contributed by atoms with Gasteiger partial charge in [0.1, 0.15) is 0 Å². The second-order valence-corrected chi connectivity index (χ2v) is 6.73. The number of aryl methyl sites for hydroxylation is 1. The molecule has 0 amide bonds. The Hall–Kier alpha value is -2.66. The molecule has 0 atom stereocenters. The van der Waals surface area contributed by atoms with Crippen molar-refractivity contribution in [3.8, 4) is 0 Å². The fraction of sp³-hybridized carbons (Fsp3) is 0.333. The molecule has 0 fully saturated rings. The molecule has 3 rings (SSSR count). The van der Waals surface area contributed by atoms with Crippen LogP contribution in [-0.4, -0.2) is 42.8 Å². The first-order valence-corrected chi connectivity index (χ1v) is 8.91. The first-order valence-electron chi connectivity index (χ1n) is 8.10. The Morgan fingerprint density at radius 2 is 1.38 bits per heavy atom. The lowest BCUT2D eigenvalue weighted by molar-refractivity contribution is 0.704. The third-order valence-corrected chi connectivity index (χ3v) is 4.74. The fourth-order valence-corrected chi connectivity index (χ4v) is 2.92. The van der Waals surface area contributed by atoms with E-state index >= 15 is 0 Å². The zero-order valence-corrected chi connectivity index (χ0v) is 16.0. The van der Waals surface area contributed by atoms with Gasteiger partial charge in [0.05, 0.1) is 0 Å². The van der Waals surface area contributed by atoms with Gasteiger partial charge in [-0.1, -0.05) is 17.7 Å². The lowest BCUT2D eigenvalue weighted by atomic mass is 10.2. The van der Waals surface area contributed by atoms with Crippen molar-refractivity contribution in [2.75, 3.05) is 29.7 Å². The van der Waals surface area contributed by atoms with Gasteiger partial charge < -0.3 is 16.6 Å². The van der Waals surface area contributed by atoms with E-state index in [1.165, 1.54) is 14.9 Å². The van der Waals surface area contributed by atoms with Crippen molar-refractivity contribution in [1.82, 2.24) is 29.7 Å². The van der Waals surface area contributed by atoms with Crippen LogP contribution in [0.5, 0.6) is 0 Å². The van der Waals surface area contributed by atoms with Crippen LogP contribution in [0.1, 0.15) is 17.2 Å². The number of H-pyrrole nitrogens is 2. The largest absolute Gasteiger partial charge is 0.371 e. The molecule has 2 aromatic heterocycles. The van der Waals surface area contributed by atoms with Crippen LogP contribution in [0.2, 0.25) is 0 Å². The van der Waals surface area contributed by atoms with Gasteiger partial charge in [-0.25, -0.2) is 9.35 Å². The first-order chi connectivity index (χ1) is 12.5. The number of anilines is 1. The Kier molecular flexibility index (Phi) is 5.38. The van der Waals surface area contributed by atoms with Gasteiger partial charge in [0.2, 0.25) is 9.54 Å². The van der Waals surface area contributed by atoms with Crippen molar-refractivity contribution >= 4 is 30.1 Å². The summed E-state index contributed by atoms with van der Waals surface area (Å²) in [7, 11) is 0. The number of nitrogens with two attached hydrogens (primary N) is 2. The van der Waals surface area contributed by atoms with Crippen molar-refractivity contribution in [3.63, 3.8) is 0 Å². The standard InChI is InChI=1S/C15H21N9S2/c1-10-2-4-11(5-3-10)22(8-6-12-18-20-14(25)23(12)16)9-7-13-19-21-15(26)24(13)17/h2-5H,6-9,16-17H2,1H3,(H,20,25)(H,21,26). The molecule has 0 aliphatic rings. The van der Waals surface area contributed by atoms with E-state index in [1.54, 1.807) is 0 Å². The van der Waals surface area contributed by atoms with E-state index < -0.39 is 0 Å². The van der Waals surface area contributed by atoms with E-state index in [9.17, 15) is 0 Å². The average molecular weight is 392 g/mol. The maximum absolute atomic E-state index is 5.89. The Bertz CT molecular complexity index is 921. The van der Waals surface area contributed by atoms with Crippen LogP contribution >= 0.6 is 24.4 Å². The molecule has 1 aromatic carbocycles. The molecular formula is C15H21N9S2. The van der Waals surface area contributed by atoms with Crippen LogP contribution in [0.3, 0.4) is 0 Å². The normalized spacial score (nSPS) is 11.0. The molecule has 0 bridgehead atoms. The SMILES string of the molecule is Cc1ccc(N(CCc2n[nH]c(=S)n2N)CCc2n[nH]c(=S)n2N)cc1. The summed E-state index contributed by atoms with van der Waals surface area (Å²) in [5.74, 6) is 13.2. The minimum atomic E-state index is 0.403. The Labute approximate surface area is 160 Å². The number of nitrogens with one attached hydrogen (secondary N) is 2. The summed E-state index contributed by atoms with van der Waals surface area (Å²) in [6, 6.07) is 8.35. The number of benzene rings is 1. The van der Waals surface area contributed by atoms with Crippen LogP contribution in [0.4, 0.5) is 5.69 Å². The summed E-state index contributed by atoms with van der Waals surface area (Å²) in [5.41, 5.74) is 2.31. The molecule has 11 heteroatoms. The van der Waals surface area contributed by atoms with Crippen LogP contribution in [0, 0.1) is 16.5 Å². The van der Waals surface area contributed by atoms with Crippen molar-refractivity contribution < 1.29 is 0 Å². The summed E-state index contributed by atoms with van der Waals surface area (Å²) in [5, 5.41) is 13.7. The topological polar surface area (TPSA) is 123 Å². The number of aromatic nitrogens is 6. The molecule has 2 heterocycles. The summed E-state index contributed by atoms with van der Waals surface area (Å²) in [6.45, 7) is 3.50. The second kappa shape index (κ2) is 7.70. The number of hydrogen-bond acceptors (Lipinski definition) is 7. The number of nitrogen functional groups attached to an aromatic ring is 2. The summed E-state index contributed by atoms with van der Waals surface area (Å²) < 4.78 is 3.60. The molecule has 6 N–H and O–H groups in total. The molecule has 0 unspecified atom stereocenters. The van der Waals surface area contributed by atoms with Crippen LogP contribution in [-0.2, 0) is 12.8 Å². The highest BCUT2D eigenvalue weighted by molar-refractivity contribution is 7.71. The van der Waals surface area contributed by atoms with Gasteiger partial charge >= 0.3 is 0 Å². The number of nitrogens with zero attached hydrogens (tertiary/aromatic N) is 5. The van der Waals surface area contributed by atoms with Crippen LogP contribution in [0.15, 0.2) is 24.3 Å². The molecular weight excluding hydrogens is 370 g/mol. The average Bonchev–Trinajstić information content (AvgIpc) is 3.12. The lowest BCUT2D eigenvalue weighted by Gasteiger charge is -2.24. The van der Waals surface area contributed by atoms with Gasteiger partial charge in [-0.2, -0.15) is 10.2 Å². The van der Waals surface area contributed by atoms with Gasteiger partial charge in [0.25, 0.3) is 0 Å². The highest BCUT2D eigenvalue weighted by Crippen LogP contribution is 2.16. The van der Waals surface area contributed by atoms with E-state index in [4.69, 9.17) is 36.1 Å². The van der Waals surface area contributed by atoms with Crippen LogP contribution < -0.4 is 16.6 Å². The van der Waals surface area contributed by atoms with Crippen molar-refractivity contribution in [1.29, 1.82) is 0 Å². The van der Waals surface area contributed by atoms with E-state index in [2.05, 4.69) is 56.5 Å². The second-order valence-electron chi connectivity index (χ2n) is 5.95. The minimum Gasteiger partial charge on any atom is -0.371 e. The lowest BCUT2D eigenvalue weighted by Crippen LogP contribution is -2.30. The molecule has 9 nitrogen and oxygen atoms in total. The minimum absolute atomic E-state index is 0.403. The maximum Gasteiger partial charge on any atom is 0.214 e. The third kappa shape index (κ3) is 3.94. The monoisotopic (exact) mass is 391 g/mol. The first kappa shape index (κ1) is 18.1. The third-order valence-electron chi connectivity index (χ3n) is 4.16. The number of rotatable bonds is 7. The molecule has 26 heavy (non-hydrogen) atoms. The predicted molar refractivity (Wildman–Crippen MR) is 106 cm³/mol. The molecule has 3 aromatic rings. The van der Waals surface area contributed by atoms with Gasteiger partial charge in [-0.05, 0) is 43.5 Å². The van der Waals surface area contributed by atoms with Crippen molar-refractivity contribution in [3.05, 3.63) is 51.0 Å². The Balaban J connectivity index is 1.75. The van der Waals surface area contributed by atoms with Crippen molar-refractivity contribution in [2.24, 2.45) is 0 Å². The zero-order valence-electron chi connectivity index (χ0n) is 14.3. The Morgan fingerprint density at radius 1 is 0.923 bits per heavy atom. The van der Waals surface area contributed by atoms with Crippen molar-refractivity contribution in [2.45, 2.75) is 19.8 Å². The molecule has 138 valence electrons. The van der Waals surface area contributed by atoms with Crippen LogP contribution in [0.25, 0.3) is 0 Å². The van der Waals surface area contributed by atoms with Gasteiger partial charge in [-0.3, -0.25) is 10.2 Å². The molecule has 0 aliphatic carbocycles. The van der Waals surface area contributed by atoms with Gasteiger partial charge in [0, 0.05) is 31.6 Å². The van der Waals surface area contributed by atoms with E-state index in [0.717, 1.165) is 18.8 Å². The van der Waals surface area contributed by atoms with Gasteiger partial charge in [-0.15, -0.1) is 0 Å². The predicted octanol–water partition coefficient (Wildman–Crippen LogP) is 1.22. The highest BCUT2D eigenvalue weighted by Gasteiger charge is 2.12. The van der Waals surface area contributed by atoms with E-state index in [1.807, 2.05) is 0 Å². The summed E-state index contributed by atoms with van der Waals surface area (Å²) >= 11 is 10.1. The summed E-state index contributed by atoms with van der Waals surface area (Å²) in [6.07, 6.45) is 1.29. The molecule has 0 spiro atoms. The smallest absolute Gasteiger partial charge is 0.214 e. The molecule has 0 saturated carbocycles. The van der Waals surface area contributed by atoms with Gasteiger partial charge in [0.15, 0.2) is 11.6 Å². The summed E-state index contributed by atoms with van der Waals surface area (Å²) in [4.78, 5) is 2.23. The maximum atomic E-state index is 5.89. The molecule has 0 saturated heterocycles. The molecule has 0 aliphatic heterocycles. The van der Waals surface area contributed by atoms with E-state index in [0.29, 0.717) is 34.0 Å². The molecule has 0 radical (unpaired) electrons. The fourth-order valence-electron chi connectivity index (χ4n) is 2.62. The Morgan fingerprint density at radius 3 is 1.77 bits per heavy atom. The number of aromatic amines is 2. The highest BCUT2D eigenvalue weighted by atomic mass is 32.1. The zero-order chi connectivity index (χ0) is 18.7. The van der Waals surface area contributed by atoms with E-state index in [-0.39, 0.29) is 0 Å². The number of hydrogen-bond donors (Lipinski definition) is 4. The quantitative estimate of drug-likeness (QED) is 0.353.